The molecule has 2 aromatic carbocycles. The number of carbonyl (C=O) groups excluding carboxylic acids is 2. The molecule has 0 amide bonds. The molecule has 0 aromatic heterocycles. The van der Waals surface area contributed by atoms with Crippen molar-refractivity contribution in [3.8, 4) is 11.5 Å². The lowest BCUT2D eigenvalue weighted by Crippen LogP contribution is -2.29. The second-order valence-corrected chi connectivity index (χ2v) is 8.96. The standard InChI is InChI=1S/C26H34O5.C2H6/c1-7-29-23(27)25(3,4)17-19-11-9-13-21(15-19)31-22-14-10-12-20(16-22)18-26(5,6)24(28)30-8-2;1-2/h9-16H,7-8,17-18H2,1-6H3;1-2H3. The molecule has 2 rings (SSSR count). The third-order valence-corrected chi connectivity index (χ3v) is 4.98. The first-order valence-electron chi connectivity index (χ1n) is 11.8. The fraction of sp³-hybridized carbons (Fsp3) is 0.500. The van der Waals surface area contributed by atoms with Crippen LogP contribution in [0.3, 0.4) is 0 Å². The van der Waals surface area contributed by atoms with Crippen molar-refractivity contribution in [2.24, 2.45) is 10.8 Å². The van der Waals surface area contributed by atoms with E-state index in [0.717, 1.165) is 11.1 Å². The predicted octanol–water partition coefficient (Wildman–Crippen LogP) is 6.77. The van der Waals surface area contributed by atoms with E-state index in [9.17, 15) is 9.59 Å². The van der Waals surface area contributed by atoms with E-state index in [-0.39, 0.29) is 11.9 Å². The second kappa shape index (κ2) is 13.0. The third-order valence-electron chi connectivity index (χ3n) is 4.98. The van der Waals surface area contributed by atoms with Crippen LogP contribution in [0.2, 0.25) is 0 Å². The van der Waals surface area contributed by atoms with E-state index in [1.54, 1.807) is 0 Å². The van der Waals surface area contributed by atoms with Crippen molar-refractivity contribution in [2.45, 2.75) is 68.2 Å². The van der Waals surface area contributed by atoms with Crippen LogP contribution in [0.1, 0.15) is 66.5 Å². The zero-order valence-corrected chi connectivity index (χ0v) is 21.5. The van der Waals surface area contributed by atoms with E-state index in [1.165, 1.54) is 0 Å². The number of hydrogen-bond acceptors (Lipinski definition) is 5. The van der Waals surface area contributed by atoms with Crippen LogP contribution in [0.15, 0.2) is 48.5 Å². The summed E-state index contributed by atoms with van der Waals surface area (Å²) in [6, 6.07) is 15.4. The number of rotatable bonds is 10. The van der Waals surface area contributed by atoms with Crippen molar-refractivity contribution in [1.82, 2.24) is 0 Å². The van der Waals surface area contributed by atoms with Gasteiger partial charge in [0.25, 0.3) is 0 Å². The Kier molecular flexibility index (Phi) is 11.1. The number of hydrogen-bond donors (Lipinski definition) is 0. The number of carbonyl (C=O) groups is 2. The summed E-state index contributed by atoms with van der Waals surface area (Å²) >= 11 is 0. The van der Waals surface area contributed by atoms with Gasteiger partial charge in [-0.2, -0.15) is 0 Å². The Bertz CT molecular complexity index is 825. The van der Waals surface area contributed by atoms with Crippen molar-refractivity contribution < 1.29 is 23.8 Å². The fourth-order valence-corrected chi connectivity index (χ4v) is 3.39. The molecule has 33 heavy (non-hydrogen) atoms. The summed E-state index contributed by atoms with van der Waals surface area (Å²) in [6.07, 6.45) is 1.10. The van der Waals surface area contributed by atoms with E-state index in [0.29, 0.717) is 37.6 Å². The van der Waals surface area contributed by atoms with Crippen molar-refractivity contribution in [3.05, 3.63) is 59.7 Å². The van der Waals surface area contributed by atoms with E-state index in [4.69, 9.17) is 14.2 Å². The molecule has 2 aromatic rings. The normalized spacial score (nSPS) is 11.2. The quantitative estimate of drug-likeness (QED) is 0.369. The summed E-state index contributed by atoms with van der Waals surface area (Å²) in [6.45, 7) is 15.9. The van der Waals surface area contributed by atoms with Crippen LogP contribution in [-0.4, -0.2) is 25.2 Å². The van der Waals surface area contributed by atoms with Crippen LogP contribution in [0, 0.1) is 10.8 Å². The molecule has 0 bridgehead atoms. The third kappa shape index (κ3) is 8.91. The van der Waals surface area contributed by atoms with E-state index < -0.39 is 10.8 Å². The summed E-state index contributed by atoms with van der Waals surface area (Å²) in [5.41, 5.74) is 0.755. The summed E-state index contributed by atoms with van der Waals surface area (Å²) in [5, 5.41) is 0. The monoisotopic (exact) mass is 456 g/mol. The second-order valence-electron chi connectivity index (χ2n) is 8.96. The molecule has 0 heterocycles. The molecule has 0 aliphatic rings. The molecule has 0 aliphatic carbocycles. The lowest BCUT2D eigenvalue weighted by molar-refractivity contribution is -0.154. The molecule has 0 spiro atoms. The predicted molar refractivity (Wildman–Crippen MR) is 133 cm³/mol. The topological polar surface area (TPSA) is 61.8 Å². The van der Waals surface area contributed by atoms with Crippen molar-refractivity contribution in [3.63, 3.8) is 0 Å². The molecule has 0 unspecified atom stereocenters. The van der Waals surface area contributed by atoms with Crippen LogP contribution < -0.4 is 4.74 Å². The molecule has 0 aliphatic heterocycles. The Balaban J connectivity index is 0.00000265. The van der Waals surface area contributed by atoms with E-state index >= 15 is 0 Å². The smallest absolute Gasteiger partial charge is 0.311 e. The Morgan fingerprint density at radius 1 is 0.697 bits per heavy atom. The van der Waals surface area contributed by atoms with Gasteiger partial charge in [-0.05, 0) is 89.8 Å². The largest absolute Gasteiger partial charge is 0.466 e. The van der Waals surface area contributed by atoms with Gasteiger partial charge in [-0.15, -0.1) is 0 Å². The molecule has 182 valence electrons. The summed E-state index contributed by atoms with van der Waals surface area (Å²) in [7, 11) is 0. The molecule has 0 N–H and O–H groups in total. The molecular weight excluding hydrogens is 416 g/mol. The Labute approximate surface area is 199 Å². The minimum Gasteiger partial charge on any atom is -0.466 e. The van der Waals surface area contributed by atoms with Crippen molar-refractivity contribution in [1.29, 1.82) is 0 Å². The van der Waals surface area contributed by atoms with Crippen LogP contribution in [0.5, 0.6) is 11.5 Å². The minimum atomic E-state index is -0.618. The van der Waals surface area contributed by atoms with Crippen LogP contribution in [0.25, 0.3) is 0 Å². The van der Waals surface area contributed by atoms with Crippen LogP contribution in [0.4, 0.5) is 0 Å². The highest BCUT2D eigenvalue weighted by atomic mass is 16.5. The average Bonchev–Trinajstić information content (AvgIpc) is 2.75. The van der Waals surface area contributed by atoms with Gasteiger partial charge in [0, 0.05) is 0 Å². The van der Waals surface area contributed by atoms with E-state index in [2.05, 4.69) is 0 Å². The highest BCUT2D eigenvalue weighted by molar-refractivity contribution is 5.76. The first-order chi connectivity index (χ1) is 15.6. The lowest BCUT2D eigenvalue weighted by Gasteiger charge is -2.23. The first-order valence-corrected chi connectivity index (χ1v) is 11.8. The lowest BCUT2D eigenvalue weighted by atomic mass is 9.86. The molecular formula is C28H40O5. The van der Waals surface area contributed by atoms with Gasteiger partial charge < -0.3 is 14.2 Å². The van der Waals surface area contributed by atoms with E-state index in [1.807, 2.05) is 104 Å². The van der Waals surface area contributed by atoms with Crippen molar-refractivity contribution >= 4 is 11.9 Å². The maximum atomic E-state index is 12.2. The molecule has 0 saturated carbocycles. The van der Waals surface area contributed by atoms with Crippen LogP contribution >= 0.6 is 0 Å². The van der Waals surface area contributed by atoms with Gasteiger partial charge in [0.05, 0.1) is 24.0 Å². The highest BCUT2D eigenvalue weighted by Gasteiger charge is 2.30. The maximum absolute atomic E-state index is 12.2. The molecule has 5 nitrogen and oxygen atoms in total. The zero-order chi connectivity index (χ0) is 25.1. The van der Waals surface area contributed by atoms with Gasteiger partial charge in [0.15, 0.2) is 0 Å². The van der Waals surface area contributed by atoms with Gasteiger partial charge in [-0.1, -0.05) is 38.1 Å². The molecule has 0 fully saturated rings. The van der Waals surface area contributed by atoms with Crippen molar-refractivity contribution in [2.75, 3.05) is 13.2 Å². The molecule has 0 atom stereocenters. The average molecular weight is 457 g/mol. The highest BCUT2D eigenvalue weighted by Crippen LogP contribution is 2.30. The summed E-state index contributed by atoms with van der Waals surface area (Å²) in [5.74, 6) is 0.967. The Hall–Kier alpha value is -2.82. The minimum absolute atomic E-state index is 0.210. The SMILES string of the molecule is CC.CCOC(=O)C(C)(C)Cc1cccc(Oc2cccc(CC(C)(C)C(=O)OCC)c2)c1. The first kappa shape index (κ1) is 28.2. The number of benzene rings is 2. The molecule has 5 heteroatoms. The maximum Gasteiger partial charge on any atom is 0.311 e. The van der Waals surface area contributed by atoms with Crippen LogP contribution in [-0.2, 0) is 31.9 Å². The van der Waals surface area contributed by atoms with Gasteiger partial charge in [0.1, 0.15) is 11.5 Å². The number of ether oxygens (including phenoxy) is 3. The van der Waals surface area contributed by atoms with Gasteiger partial charge in [-0.3, -0.25) is 9.59 Å². The van der Waals surface area contributed by atoms with Gasteiger partial charge in [0.2, 0.25) is 0 Å². The summed E-state index contributed by atoms with van der Waals surface area (Å²) in [4.78, 5) is 24.4. The van der Waals surface area contributed by atoms with Gasteiger partial charge >= 0.3 is 11.9 Å². The Morgan fingerprint density at radius 3 is 1.39 bits per heavy atom. The fourth-order valence-electron chi connectivity index (χ4n) is 3.39. The Morgan fingerprint density at radius 2 is 1.06 bits per heavy atom. The molecule has 0 saturated heterocycles. The zero-order valence-electron chi connectivity index (χ0n) is 21.5. The number of esters is 2. The molecule has 0 radical (unpaired) electrons. The summed E-state index contributed by atoms with van der Waals surface area (Å²) < 4.78 is 16.4. The van der Waals surface area contributed by atoms with Gasteiger partial charge in [-0.25, -0.2) is 0 Å².